The Balaban J connectivity index is 1.48. The van der Waals surface area contributed by atoms with Crippen LogP contribution in [0.5, 0.6) is 0 Å². The number of allylic oxidation sites excluding steroid dienone is 6. The highest BCUT2D eigenvalue weighted by Gasteiger charge is 2.34. The second-order valence-electron chi connectivity index (χ2n) is 12.5. The Morgan fingerprint density at radius 3 is 2.66 bits per heavy atom. The van der Waals surface area contributed by atoms with Gasteiger partial charge in [-0.25, -0.2) is 0 Å². The van der Waals surface area contributed by atoms with Gasteiger partial charge in [0.25, 0.3) is 11.8 Å². The van der Waals surface area contributed by atoms with E-state index in [4.69, 9.17) is 4.74 Å². The highest BCUT2D eigenvalue weighted by atomic mass is 19.3. The first-order valence-corrected chi connectivity index (χ1v) is 16.1. The van der Waals surface area contributed by atoms with Crippen LogP contribution < -0.4 is 15.8 Å². The fourth-order valence-electron chi connectivity index (χ4n) is 7.01. The molecule has 44 heavy (non-hydrogen) atoms. The van der Waals surface area contributed by atoms with Crippen LogP contribution in [0.15, 0.2) is 60.2 Å². The van der Waals surface area contributed by atoms with Crippen LogP contribution in [0.1, 0.15) is 81.1 Å². The van der Waals surface area contributed by atoms with E-state index in [1.54, 1.807) is 13.2 Å². The fraction of sp³-hybridized carbons (Fsp3) is 0.514. The van der Waals surface area contributed by atoms with Crippen molar-refractivity contribution in [1.82, 2.24) is 10.2 Å². The van der Waals surface area contributed by atoms with Crippen LogP contribution in [0, 0.1) is 11.8 Å². The summed E-state index contributed by atoms with van der Waals surface area (Å²) in [5, 5.41) is 5.25. The van der Waals surface area contributed by atoms with Gasteiger partial charge in [0.15, 0.2) is 5.78 Å². The summed E-state index contributed by atoms with van der Waals surface area (Å²) in [6.07, 6.45) is 15.0. The maximum Gasteiger partial charge on any atom is 0.288 e. The van der Waals surface area contributed by atoms with E-state index in [1.165, 1.54) is 11.3 Å². The van der Waals surface area contributed by atoms with Crippen molar-refractivity contribution in [3.05, 3.63) is 81.8 Å². The van der Waals surface area contributed by atoms with Gasteiger partial charge in [0.1, 0.15) is 0 Å². The van der Waals surface area contributed by atoms with E-state index < -0.39 is 5.92 Å². The largest absolute Gasteiger partial charge is 0.383 e. The first kappa shape index (κ1) is 33.6. The first-order chi connectivity index (χ1) is 21.1. The second kappa shape index (κ2) is 15.1. The molecule has 0 bridgehead atoms. The molecule has 3 atom stereocenters. The summed E-state index contributed by atoms with van der Waals surface area (Å²) in [5.41, 5.74) is 2.73. The van der Waals surface area contributed by atoms with E-state index in [1.807, 2.05) is 6.07 Å². The summed E-state index contributed by atoms with van der Waals surface area (Å²) in [4.78, 5) is 28.8. The number of carbonyl (C=O) groups excluding carboxylic acids is 2. The van der Waals surface area contributed by atoms with Gasteiger partial charge in [-0.05, 0) is 104 Å². The van der Waals surface area contributed by atoms with Crippen LogP contribution in [-0.4, -0.2) is 55.4 Å². The molecule has 1 N–H and O–H groups in total. The third-order valence-corrected chi connectivity index (χ3v) is 9.51. The first-order valence-electron chi connectivity index (χ1n) is 16.1. The zero-order valence-electron chi connectivity index (χ0n) is 26.6. The van der Waals surface area contributed by atoms with Gasteiger partial charge in [-0.1, -0.05) is 44.7 Å². The fourth-order valence-corrected chi connectivity index (χ4v) is 7.01. The standard InChI is InChI=1S/C37H48F2N2O3/c1-6-28-22-30(15-17-34(28)37(38,39)8-3)35(42)21-26-10-9-11-27(20-26)23-41-24-33-29(13-12-25(41)4)14-16-32(31(33)7-2)36(43)40-18-19-44-5/h6,8,13-14,16,22,24-27H,1,3,7,9-12,15,17-21,23H2,2,4-5H3,(H,40,43). The lowest BCUT2D eigenvalue weighted by Crippen LogP contribution is -2.38. The van der Waals surface area contributed by atoms with E-state index in [-0.39, 0.29) is 29.6 Å². The number of halogens is 2. The maximum atomic E-state index is 14.3. The number of fused-ring (bicyclic) bond motifs is 1. The Labute approximate surface area is 261 Å². The lowest BCUT2D eigenvalue weighted by molar-refractivity contribution is -0.117. The monoisotopic (exact) mass is 606 g/mol. The summed E-state index contributed by atoms with van der Waals surface area (Å²) in [6.45, 7) is 13.2. The molecule has 3 aliphatic rings. The highest BCUT2D eigenvalue weighted by Crippen LogP contribution is 2.38. The Kier molecular flexibility index (Phi) is 11.5. The molecule has 1 aromatic rings. The van der Waals surface area contributed by atoms with Gasteiger partial charge >= 0.3 is 0 Å². The van der Waals surface area contributed by atoms with E-state index in [2.05, 4.69) is 55.6 Å². The molecule has 0 aromatic heterocycles. The average Bonchev–Trinajstić information content (AvgIpc) is 3.18. The number of nitrogens with one attached hydrogen (secondary N) is 1. The summed E-state index contributed by atoms with van der Waals surface area (Å²) in [6, 6.07) is 4.31. The molecule has 0 radical (unpaired) electrons. The van der Waals surface area contributed by atoms with Crippen LogP contribution in [0.4, 0.5) is 8.78 Å². The smallest absolute Gasteiger partial charge is 0.288 e. The molecule has 1 amide bonds. The van der Waals surface area contributed by atoms with Gasteiger partial charge in [0, 0.05) is 55.2 Å². The maximum absolute atomic E-state index is 14.3. The minimum atomic E-state index is -3.10. The van der Waals surface area contributed by atoms with E-state index in [0.29, 0.717) is 60.7 Å². The van der Waals surface area contributed by atoms with Crippen molar-refractivity contribution in [2.75, 3.05) is 26.8 Å². The van der Waals surface area contributed by atoms with E-state index in [9.17, 15) is 18.4 Å². The van der Waals surface area contributed by atoms with Crippen molar-refractivity contribution >= 4 is 24.0 Å². The number of carbonyl (C=O) groups is 2. The summed E-state index contributed by atoms with van der Waals surface area (Å²) in [7, 11) is 1.62. The number of alkyl halides is 2. The van der Waals surface area contributed by atoms with Gasteiger partial charge in [-0.3, -0.25) is 9.59 Å². The van der Waals surface area contributed by atoms with Gasteiger partial charge in [-0.15, -0.1) is 0 Å². The third kappa shape index (κ3) is 7.84. The number of hydrogen-bond donors (Lipinski definition) is 1. The van der Waals surface area contributed by atoms with Crippen molar-refractivity contribution in [1.29, 1.82) is 0 Å². The molecule has 7 heteroatoms. The molecule has 1 saturated carbocycles. The Morgan fingerprint density at radius 1 is 1.18 bits per heavy atom. The Bertz CT molecular complexity index is 1440. The lowest BCUT2D eigenvalue weighted by Gasteiger charge is -2.35. The molecule has 0 saturated heterocycles. The lowest BCUT2D eigenvalue weighted by atomic mass is 9.77. The molecule has 238 valence electrons. The Morgan fingerprint density at radius 2 is 1.95 bits per heavy atom. The van der Waals surface area contributed by atoms with Crippen LogP contribution in [0.3, 0.4) is 0 Å². The average molecular weight is 607 g/mol. The van der Waals surface area contributed by atoms with Gasteiger partial charge in [0.2, 0.25) is 0 Å². The van der Waals surface area contributed by atoms with Crippen LogP contribution >= 0.6 is 0 Å². The zero-order valence-corrected chi connectivity index (χ0v) is 26.6. The van der Waals surface area contributed by atoms with Crippen molar-refractivity contribution in [3.8, 4) is 0 Å². The van der Waals surface area contributed by atoms with Crippen molar-refractivity contribution < 1.29 is 23.1 Å². The molecule has 1 heterocycles. The minimum absolute atomic E-state index is 0.0107. The molecule has 1 aromatic carbocycles. The summed E-state index contributed by atoms with van der Waals surface area (Å²) >= 11 is 0. The molecule has 1 aliphatic heterocycles. The number of rotatable bonds is 13. The Hall–Kier alpha value is -3.32. The topological polar surface area (TPSA) is 58.6 Å². The third-order valence-electron chi connectivity index (χ3n) is 9.51. The number of methoxy groups -OCH3 is 1. The predicted molar refractivity (Wildman–Crippen MR) is 174 cm³/mol. The highest BCUT2D eigenvalue weighted by molar-refractivity contribution is 5.96. The quantitative estimate of drug-likeness (QED) is 0.220. The zero-order chi connectivity index (χ0) is 31.9. The van der Waals surface area contributed by atoms with Gasteiger partial charge in [0.05, 0.1) is 6.61 Å². The number of nitrogens with zero attached hydrogens (tertiary/aromatic N) is 1. The summed E-state index contributed by atoms with van der Waals surface area (Å²) < 4.78 is 33.8. The summed E-state index contributed by atoms with van der Waals surface area (Å²) in [5.74, 6) is -2.37. The molecule has 1 fully saturated rings. The number of benzene rings is 1. The molecule has 3 unspecified atom stereocenters. The number of ketones is 1. The molecule has 5 nitrogen and oxygen atoms in total. The molecule has 0 spiro atoms. The van der Waals surface area contributed by atoms with Gasteiger partial charge < -0.3 is 15.0 Å². The van der Waals surface area contributed by atoms with E-state index >= 15 is 0 Å². The van der Waals surface area contributed by atoms with Crippen LogP contribution in [-0.2, 0) is 16.0 Å². The van der Waals surface area contributed by atoms with Crippen LogP contribution in [0.25, 0.3) is 12.3 Å². The number of amides is 1. The molecular weight excluding hydrogens is 558 g/mol. The number of ether oxygens (including phenoxy) is 1. The second-order valence-corrected chi connectivity index (χ2v) is 12.5. The van der Waals surface area contributed by atoms with Gasteiger partial charge in [-0.2, -0.15) is 8.78 Å². The van der Waals surface area contributed by atoms with Crippen molar-refractivity contribution in [2.24, 2.45) is 11.8 Å². The molecule has 2 aliphatic carbocycles. The van der Waals surface area contributed by atoms with E-state index in [0.717, 1.165) is 55.9 Å². The normalized spacial score (nSPS) is 22.2. The van der Waals surface area contributed by atoms with Crippen LogP contribution in [0.2, 0.25) is 0 Å². The molecular formula is C37H48F2N2O3. The number of hydrogen-bond acceptors (Lipinski definition) is 4. The van der Waals surface area contributed by atoms with Crippen molar-refractivity contribution in [2.45, 2.75) is 83.6 Å². The predicted octanol–water partition coefficient (Wildman–Crippen LogP) is 6.03. The van der Waals surface area contributed by atoms with Crippen molar-refractivity contribution in [3.63, 3.8) is 0 Å². The minimum Gasteiger partial charge on any atom is -0.383 e. The molecule has 4 rings (SSSR count). The number of Topliss-reactive ketones (excluding diaryl/α,β-unsaturated/α-hetero) is 1. The SMILES string of the molecule is C=CC1=C(C(F)(F)C=C)CCC(C(=O)CC2CCCC(CN3C=c4c(CC)c(C(=O)NCCOC)ccc4=CCC3C)C2)=C1.